The van der Waals surface area contributed by atoms with Gasteiger partial charge in [-0.25, -0.2) is 0 Å². The molecule has 20 heavy (non-hydrogen) atoms. The summed E-state index contributed by atoms with van der Waals surface area (Å²) in [5, 5.41) is 4.21. The number of carbonyl (C=O) groups excluding carboxylic acids is 1. The molecule has 0 aromatic carbocycles. The molecular weight excluding hydrogens is 274 g/mol. The molecule has 0 bridgehead atoms. The largest absolute Gasteiger partial charge is 0.459 e. The summed E-state index contributed by atoms with van der Waals surface area (Å²) in [6.07, 6.45) is 5.39. The highest BCUT2D eigenvalue weighted by atomic mass is 32.2. The topological polar surface area (TPSA) is 51.3 Å². The van der Waals surface area contributed by atoms with Gasteiger partial charge in [-0.1, -0.05) is 0 Å². The molecular formula is C14H17N3O2S. The molecule has 2 aromatic rings. The second-order valence-electron chi connectivity index (χ2n) is 4.97. The Bertz CT molecular complexity index is 619. The van der Waals surface area contributed by atoms with E-state index < -0.39 is 0 Å². The molecule has 1 amide bonds. The first-order valence-electron chi connectivity index (χ1n) is 6.58. The molecule has 0 N–H and O–H groups in total. The lowest BCUT2D eigenvalue weighted by Crippen LogP contribution is -2.40. The highest BCUT2D eigenvalue weighted by molar-refractivity contribution is 7.99. The number of hydrogen-bond acceptors (Lipinski definition) is 4. The summed E-state index contributed by atoms with van der Waals surface area (Å²) in [6, 6.07) is 1.89. The van der Waals surface area contributed by atoms with Crippen molar-refractivity contribution >= 4 is 17.7 Å². The third-order valence-electron chi connectivity index (χ3n) is 3.56. The van der Waals surface area contributed by atoms with E-state index in [9.17, 15) is 4.79 Å². The molecule has 106 valence electrons. The summed E-state index contributed by atoms with van der Waals surface area (Å²) in [4.78, 5) is 14.6. The monoisotopic (exact) mass is 291 g/mol. The fourth-order valence-electron chi connectivity index (χ4n) is 2.46. The van der Waals surface area contributed by atoms with Gasteiger partial charge in [-0.3, -0.25) is 9.48 Å². The van der Waals surface area contributed by atoms with Crippen molar-refractivity contribution in [3.8, 4) is 0 Å². The van der Waals surface area contributed by atoms with Crippen LogP contribution in [0.15, 0.2) is 29.1 Å². The normalized spacial score (nSPS) is 19.3. The van der Waals surface area contributed by atoms with Crippen molar-refractivity contribution in [1.29, 1.82) is 0 Å². The lowest BCUT2D eigenvalue weighted by atomic mass is 10.1. The van der Waals surface area contributed by atoms with Crippen LogP contribution in [-0.2, 0) is 7.05 Å². The van der Waals surface area contributed by atoms with E-state index in [1.165, 1.54) is 0 Å². The molecule has 0 radical (unpaired) electrons. The molecule has 1 aliphatic heterocycles. The third kappa shape index (κ3) is 2.35. The first-order chi connectivity index (χ1) is 9.66. The second-order valence-corrected chi connectivity index (χ2v) is 6.12. The Hall–Kier alpha value is -1.69. The predicted octanol–water partition coefficient (Wildman–Crippen LogP) is 2.25. The number of amides is 1. The number of thioether (sulfide) groups is 1. The molecule has 3 heterocycles. The smallest absolute Gasteiger partial charge is 0.290 e. The number of furan rings is 1. The van der Waals surface area contributed by atoms with Gasteiger partial charge in [-0.2, -0.15) is 16.9 Å². The maximum absolute atomic E-state index is 12.7. The van der Waals surface area contributed by atoms with Crippen molar-refractivity contribution in [2.45, 2.75) is 13.0 Å². The predicted molar refractivity (Wildman–Crippen MR) is 77.8 cm³/mol. The third-order valence-corrected chi connectivity index (χ3v) is 4.58. The number of aryl methyl sites for hydroxylation is 2. The number of hydrogen-bond donors (Lipinski definition) is 0. The van der Waals surface area contributed by atoms with Gasteiger partial charge >= 0.3 is 0 Å². The molecule has 0 unspecified atom stereocenters. The van der Waals surface area contributed by atoms with E-state index in [1.807, 2.05) is 49.1 Å². The average Bonchev–Trinajstić information content (AvgIpc) is 3.07. The van der Waals surface area contributed by atoms with Crippen molar-refractivity contribution in [2.75, 3.05) is 18.1 Å². The van der Waals surface area contributed by atoms with Gasteiger partial charge in [0.2, 0.25) is 0 Å². The standard InChI is InChI=1S/C14H17N3O2S/c1-10-3-5-19-13(10)14(18)17-4-6-20-9-12(17)11-7-15-16(2)8-11/h3,5,7-8,12H,4,6,9H2,1-2H3/t12-/m1/s1. The molecule has 6 heteroatoms. The molecule has 1 atom stereocenters. The van der Waals surface area contributed by atoms with Crippen LogP contribution in [0.25, 0.3) is 0 Å². The average molecular weight is 291 g/mol. The molecule has 2 aromatic heterocycles. The molecule has 1 saturated heterocycles. The second kappa shape index (κ2) is 5.36. The summed E-state index contributed by atoms with van der Waals surface area (Å²) in [7, 11) is 1.89. The zero-order valence-corrected chi connectivity index (χ0v) is 12.4. The number of nitrogens with zero attached hydrogens (tertiary/aromatic N) is 3. The van der Waals surface area contributed by atoms with Crippen LogP contribution in [0.2, 0.25) is 0 Å². The Morgan fingerprint density at radius 3 is 3.05 bits per heavy atom. The maximum atomic E-state index is 12.7. The summed E-state index contributed by atoms with van der Waals surface area (Å²) in [5.41, 5.74) is 1.97. The van der Waals surface area contributed by atoms with E-state index in [-0.39, 0.29) is 11.9 Å². The first kappa shape index (κ1) is 13.3. The SMILES string of the molecule is Cc1ccoc1C(=O)N1CCSC[C@@H]1c1cnn(C)c1. The molecule has 3 rings (SSSR count). The zero-order valence-electron chi connectivity index (χ0n) is 11.6. The maximum Gasteiger partial charge on any atom is 0.290 e. The fourth-order valence-corrected chi connectivity index (χ4v) is 3.55. The van der Waals surface area contributed by atoms with Gasteiger partial charge < -0.3 is 9.32 Å². The van der Waals surface area contributed by atoms with Crippen LogP contribution in [0.1, 0.15) is 27.7 Å². The lowest BCUT2D eigenvalue weighted by Gasteiger charge is -2.34. The van der Waals surface area contributed by atoms with E-state index in [2.05, 4.69) is 5.10 Å². The number of carbonyl (C=O) groups is 1. The summed E-state index contributed by atoms with van der Waals surface area (Å²) in [5.74, 6) is 2.28. The van der Waals surface area contributed by atoms with Crippen molar-refractivity contribution in [3.05, 3.63) is 41.6 Å². The Morgan fingerprint density at radius 2 is 2.40 bits per heavy atom. The quantitative estimate of drug-likeness (QED) is 0.851. The van der Waals surface area contributed by atoms with E-state index in [0.717, 1.165) is 29.2 Å². The van der Waals surface area contributed by atoms with E-state index >= 15 is 0 Å². The molecule has 0 spiro atoms. The Kier molecular flexibility index (Phi) is 3.56. The fraction of sp³-hybridized carbons (Fsp3) is 0.429. The first-order valence-corrected chi connectivity index (χ1v) is 7.73. The van der Waals surface area contributed by atoms with Crippen LogP contribution in [0.5, 0.6) is 0 Å². The van der Waals surface area contributed by atoms with Crippen LogP contribution in [0.3, 0.4) is 0 Å². The Balaban J connectivity index is 1.89. The lowest BCUT2D eigenvalue weighted by molar-refractivity contribution is 0.0667. The van der Waals surface area contributed by atoms with Gasteiger partial charge in [0, 0.05) is 42.4 Å². The minimum atomic E-state index is -0.0262. The van der Waals surface area contributed by atoms with Crippen molar-refractivity contribution in [2.24, 2.45) is 7.05 Å². The molecule has 1 fully saturated rings. The highest BCUT2D eigenvalue weighted by Crippen LogP contribution is 2.31. The van der Waals surface area contributed by atoms with Crippen molar-refractivity contribution < 1.29 is 9.21 Å². The van der Waals surface area contributed by atoms with Crippen LogP contribution in [0.4, 0.5) is 0 Å². The van der Waals surface area contributed by atoms with Gasteiger partial charge in [0.1, 0.15) is 0 Å². The van der Waals surface area contributed by atoms with E-state index in [4.69, 9.17) is 4.42 Å². The molecule has 5 nitrogen and oxygen atoms in total. The van der Waals surface area contributed by atoms with Crippen LogP contribution in [0, 0.1) is 6.92 Å². The van der Waals surface area contributed by atoms with Gasteiger partial charge in [0.05, 0.1) is 18.5 Å². The van der Waals surface area contributed by atoms with Gasteiger partial charge in [0.25, 0.3) is 5.91 Å². The van der Waals surface area contributed by atoms with Crippen LogP contribution in [-0.4, -0.2) is 38.6 Å². The Labute approximate surface area is 121 Å². The van der Waals surface area contributed by atoms with Crippen LogP contribution >= 0.6 is 11.8 Å². The van der Waals surface area contributed by atoms with Crippen LogP contribution < -0.4 is 0 Å². The minimum Gasteiger partial charge on any atom is -0.459 e. The minimum absolute atomic E-state index is 0.0262. The summed E-state index contributed by atoms with van der Waals surface area (Å²) >= 11 is 1.87. The molecule has 1 aliphatic rings. The molecule has 0 aliphatic carbocycles. The van der Waals surface area contributed by atoms with E-state index in [0.29, 0.717) is 5.76 Å². The summed E-state index contributed by atoms with van der Waals surface area (Å²) in [6.45, 7) is 2.64. The number of aromatic nitrogens is 2. The summed E-state index contributed by atoms with van der Waals surface area (Å²) < 4.78 is 7.12. The van der Waals surface area contributed by atoms with Gasteiger partial charge in [0.15, 0.2) is 5.76 Å². The highest BCUT2D eigenvalue weighted by Gasteiger charge is 2.31. The van der Waals surface area contributed by atoms with Gasteiger partial charge in [-0.05, 0) is 13.0 Å². The van der Waals surface area contributed by atoms with E-state index in [1.54, 1.807) is 10.9 Å². The number of rotatable bonds is 2. The van der Waals surface area contributed by atoms with Crippen molar-refractivity contribution in [3.63, 3.8) is 0 Å². The van der Waals surface area contributed by atoms with Crippen molar-refractivity contribution in [1.82, 2.24) is 14.7 Å². The molecule has 0 saturated carbocycles. The zero-order chi connectivity index (χ0) is 14.1. The Morgan fingerprint density at radius 1 is 1.55 bits per heavy atom. The van der Waals surface area contributed by atoms with Gasteiger partial charge in [-0.15, -0.1) is 0 Å².